The van der Waals surface area contributed by atoms with Gasteiger partial charge in [0.05, 0.1) is 20.3 Å². The summed E-state index contributed by atoms with van der Waals surface area (Å²) in [6.45, 7) is 5.13. The van der Waals surface area contributed by atoms with Crippen molar-refractivity contribution in [2.24, 2.45) is 0 Å². The number of methoxy groups -OCH3 is 1. The van der Waals surface area contributed by atoms with Gasteiger partial charge in [0.15, 0.2) is 0 Å². The molecular formula is C15H24N2O3. The number of rotatable bonds is 7. The average Bonchev–Trinajstić information content (AvgIpc) is 2.50. The van der Waals surface area contributed by atoms with E-state index in [4.69, 9.17) is 14.2 Å². The maximum Gasteiger partial charge on any atom is 0.119 e. The topological polar surface area (TPSA) is 43.0 Å². The van der Waals surface area contributed by atoms with Crippen molar-refractivity contribution < 1.29 is 14.2 Å². The van der Waals surface area contributed by atoms with E-state index >= 15 is 0 Å². The Balaban J connectivity index is 1.75. The standard InChI is InChI=1S/C15H24N2O3/c1-16-11-13-12-19-9-7-17(13)8-10-20-15-5-3-14(18-2)4-6-15/h3-6,13,16H,7-12H2,1-2H3. The summed E-state index contributed by atoms with van der Waals surface area (Å²) >= 11 is 0. The molecule has 1 N–H and O–H groups in total. The fourth-order valence-electron chi connectivity index (χ4n) is 2.36. The van der Waals surface area contributed by atoms with Crippen LogP contribution in [-0.4, -0.2) is 64.6 Å². The van der Waals surface area contributed by atoms with Crippen molar-refractivity contribution in [2.45, 2.75) is 6.04 Å². The first-order valence-corrected chi connectivity index (χ1v) is 7.06. The number of nitrogens with zero attached hydrogens (tertiary/aromatic N) is 1. The van der Waals surface area contributed by atoms with E-state index in [0.29, 0.717) is 12.6 Å². The lowest BCUT2D eigenvalue weighted by Gasteiger charge is -2.35. The molecule has 0 amide bonds. The first kappa shape index (κ1) is 15.1. The fraction of sp³-hybridized carbons (Fsp3) is 0.600. The molecule has 20 heavy (non-hydrogen) atoms. The molecule has 0 saturated carbocycles. The molecule has 5 nitrogen and oxygen atoms in total. The number of ether oxygens (including phenoxy) is 3. The Hall–Kier alpha value is -1.30. The van der Waals surface area contributed by atoms with E-state index in [1.807, 2.05) is 31.3 Å². The van der Waals surface area contributed by atoms with Gasteiger partial charge in [-0.2, -0.15) is 0 Å². The van der Waals surface area contributed by atoms with E-state index in [9.17, 15) is 0 Å². The molecular weight excluding hydrogens is 256 g/mol. The van der Waals surface area contributed by atoms with Crippen LogP contribution in [0.2, 0.25) is 0 Å². The highest BCUT2D eigenvalue weighted by atomic mass is 16.5. The van der Waals surface area contributed by atoms with Crippen LogP contribution in [0, 0.1) is 0 Å². The second-order valence-electron chi connectivity index (χ2n) is 4.85. The molecule has 1 aromatic carbocycles. The summed E-state index contributed by atoms with van der Waals surface area (Å²) in [5.74, 6) is 1.73. The Labute approximate surface area is 120 Å². The second-order valence-corrected chi connectivity index (χ2v) is 4.85. The summed E-state index contributed by atoms with van der Waals surface area (Å²) in [7, 11) is 3.64. The van der Waals surface area contributed by atoms with Gasteiger partial charge in [0.2, 0.25) is 0 Å². The van der Waals surface area contributed by atoms with E-state index < -0.39 is 0 Å². The third-order valence-corrected chi connectivity index (χ3v) is 3.50. The van der Waals surface area contributed by atoms with Crippen LogP contribution in [0.1, 0.15) is 0 Å². The average molecular weight is 280 g/mol. The molecule has 1 heterocycles. The van der Waals surface area contributed by atoms with Crippen molar-refractivity contribution >= 4 is 0 Å². The Morgan fingerprint density at radius 1 is 1.30 bits per heavy atom. The minimum Gasteiger partial charge on any atom is -0.497 e. The van der Waals surface area contributed by atoms with E-state index in [1.165, 1.54) is 0 Å². The molecule has 5 heteroatoms. The summed E-state index contributed by atoms with van der Waals surface area (Å²) < 4.78 is 16.4. The number of benzene rings is 1. The molecule has 0 aliphatic carbocycles. The highest BCUT2D eigenvalue weighted by molar-refractivity contribution is 5.31. The normalized spacial score (nSPS) is 19.8. The fourth-order valence-corrected chi connectivity index (χ4v) is 2.36. The van der Waals surface area contributed by atoms with Crippen molar-refractivity contribution in [3.05, 3.63) is 24.3 Å². The smallest absolute Gasteiger partial charge is 0.119 e. The van der Waals surface area contributed by atoms with Crippen LogP contribution in [0.3, 0.4) is 0 Å². The monoisotopic (exact) mass is 280 g/mol. The van der Waals surface area contributed by atoms with Gasteiger partial charge in [-0.3, -0.25) is 4.90 Å². The van der Waals surface area contributed by atoms with Crippen molar-refractivity contribution in [1.82, 2.24) is 10.2 Å². The summed E-state index contributed by atoms with van der Waals surface area (Å²) in [5, 5.41) is 3.21. The molecule has 0 aromatic heterocycles. The van der Waals surface area contributed by atoms with Gasteiger partial charge in [0, 0.05) is 25.7 Å². The maximum absolute atomic E-state index is 5.78. The third-order valence-electron chi connectivity index (χ3n) is 3.50. The van der Waals surface area contributed by atoms with Crippen LogP contribution < -0.4 is 14.8 Å². The maximum atomic E-state index is 5.78. The van der Waals surface area contributed by atoms with Crippen LogP contribution in [0.25, 0.3) is 0 Å². The Kier molecular flexibility index (Phi) is 6.11. The Morgan fingerprint density at radius 2 is 2.05 bits per heavy atom. The summed E-state index contributed by atoms with van der Waals surface area (Å²) in [5.41, 5.74) is 0. The van der Waals surface area contributed by atoms with E-state index in [2.05, 4.69) is 10.2 Å². The number of hydrogen-bond acceptors (Lipinski definition) is 5. The molecule has 112 valence electrons. The minimum atomic E-state index is 0.438. The summed E-state index contributed by atoms with van der Waals surface area (Å²) in [6, 6.07) is 8.13. The van der Waals surface area contributed by atoms with Gasteiger partial charge < -0.3 is 19.5 Å². The van der Waals surface area contributed by atoms with Crippen LogP contribution in [0.4, 0.5) is 0 Å². The Bertz CT molecular complexity index is 381. The molecule has 1 atom stereocenters. The highest BCUT2D eigenvalue weighted by Gasteiger charge is 2.21. The van der Waals surface area contributed by atoms with Crippen LogP contribution in [0.15, 0.2) is 24.3 Å². The van der Waals surface area contributed by atoms with Gasteiger partial charge in [-0.1, -0.05) is 0 Å². The van der Waals surface area contributed by atoms with E-state index in [-0.39, 0.29) is 0 Å². The minimum absolute atomic E-state index is 0.438. The summed E-state index contributed by atoms with van der Waals surface area (Å²) in [6.07, 6.45) is 0. The van der Waals surface area contributed by atoms with E-state index in [1.54, 1.807) is 7.11 Å². The number of likely N-dealkylation sites (N-methyl/N-ethyl adjacent to an activating group) is 1. The molecule has 2 rings (SSSR count). The zero-order valence-electron chi connectivity index (χ0n) is 12.3. The molecule has 1 aliphatic heterocycles. The lowest BCUT2D eigenvalue weighted by atomic mass is 10.2. The summed E-state index contributed by atoms with van der Waals surface area (Å²) in [4.78, 5) is 2.42. The van der Waals surface area contributed by atoms with Crippen molar-refractivity contribution in [2.75, 3.05) is 53.6 Å². The number of hydrogen-bond donors (Lipinski definition) is 1. The molecule has 0 radical (unpaired) electrons. The van der Waals surface area contributed by atoms with E-state index in [0.717, 1.165) is 44.3 Å². The molecule has 1 aromatic rings. The van der Waals surface area contributed by atoms with Gasteiger partial charge in [-0.05, 0) is 31.3 Å². The van der Waals surface area contributed by atoms with Crippen molar-refractivity contribution in [1.29, 1.82) is 0 Å². The predicted molar refractivity (Wildman–Crippen MR) is 78.6 cm³/mol. The van der Waals surface area contributed by atoms with Gasteiger partial charge in [0.1, 0.15) is 18.1 Å². The van der Waals surface area contributed by atoms with Crippen molar-refractivity contribution in [3.8, 4) is 11.5 Å². The van der Waals surface area contributed by atoms with Gasteiger partial charge in [-0.25, -0.2) is 0 Å². The zero-order chi connectivity index (χ0) is 14.2. The van der Waals surface area contributed by atoms with Gasteiger partial charge in [-0.15, -0.1) is 0 Å². The van der Waals surface area contributed by atoms with Crippen molar-refractivity contribution in [3.63, 3.8) is 0 Å². The number of nitrogens with one attached hydrogen (secondary N) is 1. The predicted octanol–water partition coefficient (Wildman–Crippen LogP) is 0.994. The number of morpholine rings is 1. The Morgan fingerprint density at radius 3 is 2.75 bits per heavy atom. The van der Waals surface area contributed by atoms with Crippen LogP contribution in [-0.2, 0) is 4.74 Å². The first-order valence-electron chi connectivity index (χ1n) is 7.06. The first-order chi connectivity index (χ1) is 9.83. The van der Waals surface area contributed by atoms with Crippen LogP contribution >= 0.6 is 0 Å². The van der Waals surface area contributed by atoms with Gasteiger partial charge >= 0.3 is 0 Å². The SMILES string of the molecule is CNCC1COCCN1CCOc1ccc(OC)cc1. The largest absolute Gasteiger partial charge is 0.497 e. The lowest BCUT2D eigenvalue weighted by molar-refractivity contribution is -0.0109. The second kappa shape index (κ2) is 8.09. The molecule has 1 aliphatic rings. The zero-order valence-corrected chi connectivity index (χ0v) is 12.3. The molecule has 1 unspecified atom stereocenters. The molecule has 0 spiro atoms. The highest BCUT2D eigenvalue weighted by Crippen LogP contribution is 2.17. The quantitative estimate of drug-likeness (QED) is 0.807. The third kappa shape index (κ3) is 4.37. The molecule has 0 bridgehead atoms. The van der Waals surface area contributed by atoms with Crippen LogP contribution in [0.5, 0.6) is 11.5 Å². The molecule has 1 fully saturated rings. The lowest BCUT2D eigenvalue weighted by Crippen LogP contribution is -2.51. The van der Waals surface area contributed by atoms with Gasteiger partial charge in [0.25, 0.3) is 0 Å². The molecule has 1 saturated heterocycles.